The van der Waals surface area contributed by atoms with Crippen molar-refractivity contribution in [3.63, 3.8) is 0 Å². The zero-order chi connectivity index (χ0) is 28.4. The van der Waals surface area contributed by atoms with Gasteiger partial charge in [0.2, 0.25) is 0 Å². The van der Waals surface area contributed by atoms with Crippen LogP contribution in [0.25, 0.3) is 11.1 Å². The van der Waals surface area contributed by atoms with Crippen LogP contribution in [0.15, 0.2) is 83.8 Å². The third-order valence-electron chi connectivity index (χ3n) is 5.57. The summed E-state index contributed by atoms with van der Waals surface area (Å²) in [7, 11) is -2.81. The predicted octanol–water partition coefficient (Wildman–Crippen LogP) is 4.46. The molecule has 0 unspecified atom stereocenters. The molecule has 3 rings (SSSR count). The lowest BCUT2D eigenvalue weighted by atomic mass is 10.1. The highest BCUT2D eigenvalue weighted by atomic mass is 32.2. The third-order valence-corrected chi connectivity index (χ3v) is 7.25. The maximum Gasteiger partial charge on any atom is 0.407 e. The molecule has 0 saturated carbocycles. The quantitative estimate of drug-likeness (QED) is 0.295. The molecule has 3 aromatic rings. The summed E-state index contributed by atoms with van der Waals surface area (Å²) in [5, 5.41) is 12.3. The summed E-state index contributed by atoms with van der Waals surface area (Å²) in [5.74, 6) is -0.730. The van der Waals surface area contributed by atoms with E-state index in [1.165, 1.54) is 12.1 Å². The van der Waals surface area contributed by atoms with Crippen LogP contribution in [0.4, 0.5) is 4.79 Å². The Morgan fingerprint density at radius 1 is 0.923 bits per heavy atom. The molecule has 10 nitrogen and oxygen atoms in total. The van der Waals surface area contributed by atoms with Gasteiger partial charge in [-0.25, -0.2) is 13.2 Å². The fourth-order valence-corrected chi connectivity index (χ4v) is 5.12. The topological polar surface area (TPSA) is 131 Å². The summed E-state index contributed by atoms with van der Waals surface area (Å²) in [6.07, 6.45) is -1.65. The number of carboxylic acid groups (broad SMARTS) is 1. The van der Waals surface area contributed by atoms with Crippen LogP contribution < -0.4 is 10.1 Å². The number of hydroxylamine groups is 1. The summed E-state index contributed by atoms with van der Waals surface area (Å²) in [4.78, 5) is 29.6. The van der Waals surface area contributed by atoms with Crippen LogP contribution in [-0.2, 0) is 31.0 Å². The molecular weight excluding hydrogens is 524 g/mol. The summed E-state index contributed by atoms with van der Waals surface area (Å²) < 4.78 is 37.8. The summed E-state index contributed by atoms with van der Waals surface area (Å²) >= 11 is 0. The predicted molar refractivity (Wildman–Crippen MR) is 144 cm³/mol. The molecule has 0 heterocycles. The van der Waals surface area contributed by atoms with E-state index in [9.17, 15) is 23.1 Å². The minimum atomic E-state index is -4.38. The van der Waals surface area contributed by atoms with E-state index in [-0.39, 0.29) is 24.5 Å². The number of hydrogen-bond acceptors (Lipinski definition) is 7. The van der Waals surface area contributed by atoms with E-state index in [1.807, 2.05) is 30.3 Å². The minimum absolute atomic E-state index is 0.0402. The van der Waals surface area contributed by atoms with E-state index < -0.39 is 34.2 Å². The Morgan fingerprint density at radius 3 is 2.05 bits per heavy atom. The lowest BCUT2D eigenvalue weighted by Gasteiger charge is -2.29. The Morgan fingerprint density at radius 2 is 1.51 bits per heavy atom. The van der Waals surface area contributed by atoms with Crippen LogP contribution in [0.2, 0.25) is 0 Å². The van der Waals surface area contributed by atoms with Crippen LogP contribution in [0.3, 0.4) is 0 Å². The molecule has 0 aliphatic rings. The summed E-state index contributed by atoms with van der Waals surface area (Å²) in [6, 6.07) is 20.8. The van der Waals surface area contributed by atoms with Gasteiger partial charge in [-0.15, -0.1) is 0 Å². The molecule has 0 fully saturated rings. The molecule has 1 atom stereocenters. The van der Waals surface area contributed by atoms with Gasteiger partial charge >= 0.3 is 12.1 Å². The number of aliphatic carboxylic acids is 1. The zero-order valence-corrected chi connectivity index (χ0v) is 22.8. The Balaban J connectivity index is 1.72. The number of carbonyl (C=O) groups is 2. The van der Waals surface area contributed by atoms with Gasteiger partial charge in [-0.2, -0.15) is 0 Å². The highest BCUT2D eigenvalue weighted by Gasteiger charge is 2.38. The van der Waals surface area contributed by atoms with Crippen molar-refractivity contribution in [2.75, 3.05) is 13.7 Å². The van der Waals surface area contributed by atoms with E-state index in [2.05, 4.69) is 5.32 Å². The first-order chi connectivity index (χ1) is 18.6. The highest BCUT2D eigenvalue weighted by molar-refractivity contribution is 7.89. The normalized spacial score (nSPS) is 12.2. The van der Waals surface area contributed by atoms with Crippen molar-refractivity contribution in [1.29, 1.82) is 0 Å². The number of nitrogens with zero attached hydrogens (tertiary/aromatic N) is 1. The first kappa shape index (κ1) is 29.6. The first-order valence-corrected chi connectivity index (χ1v) is 13.7. The van der Waals surface area contributed by atoms with Crippen molar-refractivity contribution in [1.82, 2.24) is 9.79 Å². The molecule has 0 bridgehead atoms. The fraction of sp³-hybridized carbons (Fsp3) is 0.286. The van der Waals surface area contributed by atoms with Crippen LogP contribution >= 0.6 is 0 Å². The Bertz CT molecular complexity index is 1330. The smallest absolute Gasteiger partial charge is 0.407 e. The van der Waals surface area contributed by atoms with Gasteiger partial charge in [-0.3, -0.25) is 9.63 Å². The molecule has 0 radical (unpaired) electrons. The SMILES string of the molecule is COc1ccc(-c2ccc(S(=O)(=O)N(OC(C)C)[C@H](CCNC(=O)OCc3ccccc3)C(=O)O)cc2)cc1. The first-order valence-electron chi connectivity index (χ1n) is 12.2. The monoisotopic (exact) mass is 556 g/mol. The Kier molecular flexibility index (Phi) is 10.4. The molecule has 0 aliphatic carbocycles. The number of nitrogens with one attached hydrogen (secondary N) is 1. The Hall–Kier alpha value is -3.93. The van der Waals surface area contributed by atoms with Gasteiger partial charge in [0.1, 0.15) is 12.4 Å². The standard InChI is InChI=1S/C28H32N2O8S/c1-20(2)38-30(26(27(31)32)17-18-29-28(33)37-19-21-7-5-4-6-8-21)39(34,35)25-15-11-23(12-16-25)22-9-13-24(36-3)14-10-22/h4-16,20,26H,17-19H2,1-3H3,(H,29,33)(H,31,32)/t26-/m1/s1. The second-order valence-corrected chi connectivity index (χ2v) is 10.6. The number of carbonyl (C=O) groups excluding carboxylic acids is 1. The average molecular weight is 557 g/mol. The maximum absolute atomic E-state index is 13.5. The van der Waals surface area contributed by atoms with E-state index in [1.54, 1.807) is 57.4 Å². The summed E-state index contributed by atoms with van der Waals surface area (Å²) in [5.41, 5.74) is 2.40. The number of methoxy groups -OCH3 is 1. The second kappa shape index (κ2) is 13.7. The van der Waals surface area contributed by atoms with Crippen LogP contribution in [0.5, 0.6) is 5.75 Å². The molecule has 1 amide bonds. The van der Waals surface area contributed by atoms with Crippen molar-refractivity contribution < 1.29 is 37.4 Å². The maximum atomic E-state index is 13.5. The second-order valence-electron chi connectivity index (χ2n) is 8.80. The van der Waals surface area contributed by atoms with Gasteiger partial charge in [0.25, 0.3) is 10.0 Å². The minimum Gasteiger partial charge on any atom is -0.497 e. The number of benzene rings is 3. The lowest BCUT2D eigenvalue weighted by molar-refractivity contribution is -0.173. The van der Waals surface area contributed by atoms with Gasteiger partial charge in [0.15, 0.2) is 6.04 Å². The van der Waals surface area contributed by atoms with E-state index >= 15 is 0 Å². The number of sulfonamides is 1. The molecule has 2 N–H and O–H groups in total. The molecule has 208 valence electrons. The van der Waals surface area contributed by atoms with E-state index in [0.29, 0.717) is 10.2 Å². The fourth-order valence-electron chi connectivity index (χ4n) is 3.62. The molecule has 0 saturated heterocycles. The molecular formula is C28H32N2O8S. The summed E-state index contributed by atoms with van der Waals surface area (Å²) in [6.45, 7) is 3.06. The zero-order valence-electron chi connectivity index (χ0n) is 21.9. The van der Waals surface area contributed by atoms with E-state index in [4.69, 9.17) is 14.3 Å². The van der Waals surface area contributed by atoms with Gasteiger partial charge < -0.3 is 19.9 Å². The van der Waals surface area contributed by atoms with Gasteiger partial charge in [0.05, 0.1) is 18.1 Å². The number of ether oxygens (including phenoxy) is 2. The van der Waals surface area contributed by atoms with Gasteiger partial charge in [0, 0.05) is 6.54 Å². The number of alkyl carbamates (subject to hydrolysis) is 1. The molecule has 11 heteroatoms. The average Bonchev–Trinajstić information content (AvgIpc) is 2.93. The van der Waals surface area contributed by atoms with Gasteiger partial charge in [-0.05, 0) is 61.2 Å². The van der Waals surface area contributed by atoms with Crippen LogP contribution in [0, 0.1) is 0 Å². The Labute approximate surface area is 228 Å². The molecule has 0 spiro atoms. The number of rotatable bonds is 13. The third kappa shape index (κ3) is 8.28. The molecule has 0 aromatic heterocycles. The lowest BCUT2D eigenvalue weighted by Crippen LogP contribution is -2.47. The van der Waals surface area contributed by atoms with Crippen LogP contribution in [0.1, 0.15) is 25.8 Å². The molecule has 3 aromatic carbocycles. The van der Waals surface area contributed by atoms with Crippen molar-refractivity contribution >= 4 is 22.1 Å². The van der Waals surface area contributed by atoms with Crippen LogP contribution in [-0.4, -0.2) is 55.9 Å². The molecule has 0 aliphatic heterocycles. The van der Waals surface area contributed by atoms with Crippen molar-refractivity contribution in [3.05, 3.63) is 84.4 Å². The van der Waals surface area contributed by atoms with Crippen molar-refractivity contribution in [2.45, 2.75) is 43.9 Å². The van der Waals surface area contributed by atoms with E-state index in [0.717, 1.165) is 16.7 Å². The highest BCUT2D eigenvalue weighted by Crippen LogP contribution is 2.27. The number of amides is 1. The largest absolute Gasteiger partial charge is 0.497 e. The number of carboxylic acids is 1. The number of hydrogen-bond donors (Lipinski definition) is 2. The molecule has 39 heavy (non-hydrogen) atoms. The van der Waals surface area contributed by atoms with Crippen molar-refractivity contribution in [3.8, 4) is 16.9 Å². The van der Waals surface area contributed by atoms with Crippen molar-refractivity contribution in [2.24, 2.45) is 0 Å². The van der Waals surface area contributed by atoms with Gasteiger partial charge in [-0.1, -0.05) is 59.1 Å².